The number of rotatable bonds is 8. The maximum Gasteiger partial charge on any atom is 0.276 e. The van der Waals surface area contributed by atoms with E-state index in [1.807, 2.05) is 0 Å². The van der Waals surface area contributed by atoms with Crippen molar-refractivity contribution in [1.29, 1.82) is 0 Å². The highest BCUT2D eigenvalue weighted by Crippen LogP contribution is 2.39. The number of Topliss-reactive ketones (excluding diaryl/α,β-unsaturated/α-hetero) is 1. The third-order valence-electron chi connectivity index (χ3n) is 5.13. The largest absolute Gasteiger partial charge is 0.493 e. The van der Waals surface area contributed by atoms with E-state index in [0.29, 0.717) is 16.8 Å². The fourth-order valence-corrected chi connectivity index (χ4v) is 3.51. The van der Waals surface area contributed by atoms with Crippen molar-refractivity contribution in [3.8, 4) is 17.2 Å². The molecule has 0 aliphatic heterocycles. The first-order valence-electron chi connectivity index (χ1n) is 10.1. The maximum atomic E-state index is 13.8. The van der Waals surface area contributed by atoms with Gasteiger partial charge in [0.25, 0.3) is 5.69 Å². The summed E-state index contributed by atoms with van der Waals surface area (Å²) in [6.45, 7) is 0. The summed E-state index contributed by atoms with van der Waals surface area (Å²) in [5.74, 6) is 0.426. The van der Waals surface area contributed by atoms with Crippen LogP contribution in [0, 0.1) is 10.1 Å². The molecule has 0 radical (unpaired) electrons. The fourth-order valence-electron chi connectivity index (χ4n) is 3.51. The summed E-state index contributed by atoms with van der Waals surface area (Å²) >= 11 is 0. The lowest BCUT2D eigenvalue weighted by Crippen LogP contribution is -2.06. The van der Waals surface area contributed by atoms with E-state index in [0.717, 1.165) is 0 Å². The van der Waals surface area contributed by atoms with E-state index in [4.69, 9.17) is 18.6 Å². The number of carbonyl (C=O) groups excluding carboxylic acids is 1. The monoisotopic (exact) mass is 460 g/mol. The lowest BCUT2D eigenvalue weighted by atomic mass is 9.99. The number of para-hydroxylation sites is 3. The molecule has 34 heavy (non-hydrogen) atoms. The molecule has 1 aromatic heterocycles. The highest BCUT2D eigenvalue weighted by atomic mass is 16.6. The first kappa shape index (κ1) is 22.5. The molecule has 0 amide bonds. The first-order valence-corrected chi connectivity index (χ1v) is 10.1. The smallest absolute Gasteiger partial charge is 0.276 e. The molecule has 4 rings (SSSR count). The topological polar surface area (TPSA) is 114 Å². The summed E-state index contributed by atoms with van der Waals surface area (Å²) in [5, 5.41) is 11.6. The van der Waals surface area contributed by atoms with Crippen molar-refractivity contribution >= 4 is 34.2 Å². The number of oxazole rings is 1. The minimum Gasteiger partial charge on any atom is -0.493 e. The average molecular weight is 460 g/mol. The van der Waals surface area contributed by atoms with Crippen molar-refractivity contribution < 1.29 is 28.3 Å². The molecule has 9 heteroatoms. The number of nitro groups is 1. The van der Waals surface area contributed by atoms with E-state index in [9.17, 15) is 14.9 Å². The number of allylic oxidation sites excluding steroid dienone is 1. The van der Waals surface area contributed by atoms with Gasteiger partial charge in [0.05, 0.1) is 37.4 Å². The predicted octanol–water partition coefficient (Wildman–Crippen LogP) is 5.19. The average Bonchev–Trinajstić information content (AvgIpc) is 3.30. The Balaban J connectivity index is 1.94. The summed E-state index contributed by atoms with van der Waals surface area (Å²) < 4.78 is 21.9. The third-order valence-corrected chi connectivity index (χ3v) is 5.13. The van der Waals surface area contributed by atoms with Crippen LogP contribution < -0.4 is 14.2 Å². The van der Waals surface area contributed by atoms with Crippen molar-refractivity contribution in [1.82, 2.24) is 4.98 Å². The molecule has 0 atom stereocenters. The van der Waals surface area contributed by atoms with Crippen LogP contribution in [0.25, 0.3) is 22.7 Å². The molecule has 0 N–H and O–H groups in total. The third kappa shape index (κ3) is 4.18. The van der Waals surface area contributed by atoms with Gasteiger partial charge in [-0.05, 0) is 36.4 Å². The summed E-state index contributed by atoms with van der Waals surface area (Å²) in [6.07, 6.45) is 1.40. The minimum absolute atomic E-state index is 0.0260. The standard InChI is InChI=1S/C25H20N2O7/c1-31-21-13-16(14-22(32-2)24(21)33-3)23(28)17(12-15-8-4-6-10-19(15)27(29)30)25-26-18-9-5-7-11-20(18)34-25/h4-14H,1-3H3/b17-12-. The Hall–Kier alpha value is -4.66. The van der Waals surface area contributed by atoms with Gasteiger partial charge < -0.3 is 18.6 Å². The van der Waals surface area contributed by atoms with Gasteiger partial charge in [-0.25, -0.2) is 4.98 Å². The molecule has 0 unspecified atom stereocenters. The zero-order valence-corrected chi connectivity index (χ0v) is 18.6. The van der Waals surface area contributed by atoms with Crippen molar-refractivity contribution in [2.45, 2.75) is 0 Å². The lowest BCUT2D eigenvalue weighted by molar-refractivity contribution is -0.385. The summed E-state index contributed by atoms with van der Waals surface area (Å²) in [5.41, 5.74) is 1.31. The van der Waals surface area contributed by atoms with E-state index < -0.39 is 10.7 Å². The molecule has 0 fully saturated rings. The Kier molecular flexibility index (Phi) is 6.26. The first-order chi connectivity index (χ1) is 16.5. The Morgan fingerprint density at radius 2 is 1.62 bits per heavy atom. The second-order valence-electron chi connectivity index (χ2n) is 7.10. The molecular formula is C25H20N2O7. The molecule has 0 bridgehead atoms. The maximum absolute atomic E-state index is 13.8. The molecule has 3 aromatic carbocycles. The van der Waals surface area contributed by atoms with Crippen LogP contribution in [-0.2, 0) is 0 Å². The number of nitro benzene ring substituents is 1. The van der Waals surface area contributed by atoms with Crippen LogP contribution in [-0.4, -0.2) is 37.0 Å². The van der Waals surface area contributed by atoms with Crippen LogP contribution in [0.3, 0.4) is 0 Å². The number of hydrogen-bond acceptors (Lipinski definition) is 8. The molecule has 9 nitrogen and oxygen atoms in total. The van der Waals surface area contributed by atoms with Crippen LogP contribution in [0.4, 0.5) is 5.69 Å². The number of carbonyl (C=O) groups is 1. The van der Waals surface area contributed by atoms with Gasteiger partial charge in [-0.1, -0.05) is 24.3 Å². The highest BCUT2D eigenvalue weighted by molar-refractivity contribution is 6.32. The molecule has 0 saturated carbocycles. The van der Waals surface area contributed by atoms with Gasteiger partial charge >= 0.3 is 0 Å². The Morgan fingerprint density at radius 1 is 0.971 bits per heavy atom. The van der Waals surface area contributed by atoms with Gasteiger partial charge in [0.1, 0.15) is 5.52 Å². The molecule has 1 heterocycles. The highest BCUT2D eigenvalue weighted by Gasteiger charge is 2.25. The Labute approximate surface area is 194 Å². The number of ketones is 1. The molecule has 0 aliphatic rings. The Morgan fingerprint density at radius 3 is 2.24 bits per heavy atom. The summed E-state index contributed by atoms with van der Waals surface area (Å²) in [7, 11) is 4.34. The molecular weight excluding hydrogens is 440 g/mol. The van der Waals surface area contributed by atoms with Crippen LogP contribution in [0.15, 0.2) is 65.1 Å². The molecule has 0 spiro atoms. The number of benzene rings is 3. The zero-order chi connectivity index (χ0) is 24.2. The number of nitrogens with zero attached hydrogens (tertiary/aromatic N) is 2. The van der Waals surface area contributed by atoms with Crippen molar-refractivity contribution in [3.05, 3.63) is 87.8 Å². The number of aromatic nitrogens is 1. The van der Waals surface area contributed by atoms with Gasteiger partial charge in [0.2, 0.25) is 11.6 Å². The van der Waals surface area contributed by atoms with E-state index in [1.54, 1.807) is 42.5 Å². The zero-order valence-electron chi connectivity index (χ0n) is 18.6. The SMILES string of the molecule is COc1cc(C(=O)/C(=C/c2ccccc2[N+](=O)[O-])c2nc3ccccc3o2)cc(OC)c1OC. The lowest BCUT2D eigenvalue weighted by Gasteiger charge is -2.14. The second kappa shape index (κ2) is 9.45. The molecule has 172 valence electrons. The van der Waals surface area contributed by atoms with Crippen molar-refractivity contribution in [3.63, 3.8) is 0 Å². The second-order valence-corrected chi connectivity index (χ2v) is 7.10. The van der Waals surface area contributed by atoms with Gasteiger partial charge in [-0.2, -0.15) is 0 Å². The van der Waals surface area contributed by atoms with Gasteiger partial charge in [-0.15, -0.1) is 0 Å². The van der Waals surface area contributed by atoms with Gasteiger partial charge in [0, 0.05) is 11.6 Å². The number of methoxy groups -OCH3 is 3. The van der Waals surface area contributed by atoms with Gasteiger partial charge in [-0.3, -0.25) is 14.9 Å². The quantitative estimate of drug-likeness (QED) is 0.153. The number of hydrogen-bond donors (Lipinski definition) is 0. The van der Waals surface area contributed by atoms with Crippen LogP contribution in [0.2, 0.25) is 0 Å². The van der Waals surface area contributed by atoms with E-state index >= 15 is 0 Å². The fraction of sp³-hybridized carbons (Fsp3) is 0.120. The molecule has 0 saturated heterocycles. The summed E-state index contributed by atoms with van der Waals surface area (Å²) in [4.78, 5) is 29.2. The van der Waals surface area contributed by atoms with Crippen LogP contribution in [0.5, 0.6) is 17.2 Å². The number of fused-ring (bicyclic) bond motifs is 1. The normalized spacial score (nSPS) is 11.3. The minimum atomic E-state index is -0.514. The molecule has 0 aliphatic carbocycles. The van der Waals surface area contributed by atoms with Crippen molar-refractivity contribution in [2.75, 3.05) is 21.3 Å². The van der Waals surface area contributed by atoms with E-state index in [2.05, 4.69) is 4.98 Å². The Bertz CT molecular complexity index is 1360. The van der Waals surface area contributed by atoms with Crippen LogP contribution in [0.1, 0.15) is 21.8 Å². The van der Waals surface area contributed by atoms with E-state index in [1.165, 1.54) is 45.6 Å². The summed E-state index contributed by atoms with van der Waals surface area (Å²) in [6, 6.07) is 16.1. The molecule has 4 aromatic rings. The van der Waals surface area contributed by atoms with Crippen molar-refractivity contribution in [2.24, 2.45) is 0 Å². The van der Waals surface area contributed by atoms with Crippen LogP contribution >= 0.6 is 0 Å². The van der Waals surface area contributed by atoms with Gasteiger partial charge in [0.15, 0.2) is 22.9 Å². The predicted molar refractivity (Wildman–Crippen MR) is 125 cm³/mol. The number of ether oxygens (including phenoxy) is 3. The van der Waals surface area contributed by atoms with E-state index in [-0.39, 0.29) is 39.8 Å².